The second-order valence-electron chi connectivity index (χ2n) is 4.62. The molecule has 0 aromatic heterocycles. The minimum absolute atomic E-state index is 0.0529. The highest BCUT2D eigenvalue weighted by Gasteiger charge is 2.30. The van der Waals surface area contributed by atoms with E-state index in [2.05, 4.69) is 0 Å². The van der Waals surface area contributed by atoms with E-state index in [-0.39, 0.29) is 17.3 Å². The van der Waals surface area contributed by atoms with E-state index in [0.717, 1.165) is 12.8 Å². The number of nitro groups is 1. The zero-order valence-corrected chi connectivity index (χ0v) is 11.0. The van der Waals surface area contributed by atoms with Crippen LogP contribution in [0.5, 0.6) is 0 Å². The second-order valence-corrected chi connectivity index (χ2v) is 4.62. The minimum atomic E-state index is -1.01. The number of rotatable bonds is 6. The van der Waals surface area contributed by atoms with E-state index in [1.54, 1.807) is 6.07 Å². The van der Waals surface area contributed by atoms with Gasteiger partial charge in [-0.25, -0.2) is 0 Å². The molecule has 0 aliphatic heterocycles. The number of carboxylic acid groups (broad SMARTS) is 1. The van der Waals surface area contributed by atoms with Crippen LogP contribution in [0.1, 0.15) is 38.2 Å². The SMILES string of the molecule is CCCC(C)C(C(=O)O)c1cccc([N+](=O)[O-])c1N. The average Bonchev–Trinajstić information content (AvgIpc) is 2.31. The normalized spacial score (nSPS) is 13.8. The number of nitrogens with zero attached hydrogens (tertiary/aromatic N) is 1. The molecule has 0 radical (unpaired) electrons. The third-order valence-corrected chi connectivity index (χ3v) is 3.23. The van der Waals surface area contributed by atoms with Crippen LogP contribution in [0.25, 0.3) is 0 Å². The fourth-order valence-electron chi connectivity index (χ4n) is 2.31. The van der Waals surface area contributed by atoms with Crippen molar-refractivity contribution in [2.45, 2.75) is 32.6 Å². The standard InChI is InChI=1S/C13H18N2O4/c1-3-5-8(2)11(13(16)17)9-6-4-7-10(12(9)14)15(18)19/h4,6-8,11H,3,5,14H2,1-2H3,(H,16,17). The minimum Gasteiger partial charge on any atom is -0.481 e. The van der Waals surface area contributed by atoms with E-state index in [9.17, 15) is 20.0 Å². The first-order chi connectivity index (χ1) is 8.90. The van der Waals surface area contributed by atoms with Crippen LogP contribution in [-0.2, 0) is 4.79 Å². The Labute approximate surface area is 111 Å². The molecule has 0 saturated heterocycles. The van der Waals surface area contributed by atoms with Crippen molar-refractivity contribution in [3.8, 4) is 0 Å². The predicted molar refractivity (Wildman–Crippen MR) is 72.0 cm³/mol. The van der Waals surface area contributed by atoms with E-state index in [1.165, 1.54) is 12.1 Å². The number of nitrogens with two attached hydrogens (primary N) is 1. The number of nitro benzene ring substituents is 1. The number of carboxylic acids is 1. The fourth-order valence-corrected chi connectivity index (χ4v) is 2.31. The zero-order valence-electron chi connectivity index (χ0n) is 11.0. The first-order valence-electron chi connectivity index (χ1n) is 6.15. The Bertz CT molecular complexity index is 488. The number of anilines is 1. The van der Waals surface area contributed by atoms with Crippen LogP contribution in [0.15, 0.2) is 18.2 Å². The molecule has 6 heteroatoms. The first kappa shape index (κ1) is 14.9. The van der Waals surface area contributed by atoms with Crippen LogP contribution in [0.2, 0.25) is 0 Å². The Hall–Kier alpha value is -2.11. The molecule has 0 fully saturated rings. The Morgan fingerprint density at radius 1 is 1.53 bits per heavy atom. The van der Waals surface area contributed by atoms with Crippen molar-refractivity contribution in [2.24, 2.45) is 5.92 Å². The molecule has 0 spiro atoms. The van der Waals surface area contributed by atoms with Gasteiger partial charge in [0.05, 0.1) is 10.8 Å². The molecule has 0 amide bonds. The van der Waals surface area contributed by atoms with Gasteiger partial charge in [0.2, 0.25) is 0 Å². The topological polar surface area (TPSA) is 106 Å². The van der Waals surface area contributed by atoms with Crippen molar-refractivity contribution in [3.63, 3.8) is 0 Å². The number of nitrogen functional groups attached to an aromatic ring is 1. The van der Waals surface area contributed by atoms with Gasteiger partial charge in [0.1, 0.15) is 5.69 Å². The van der Waals surface area contributed by atoms with Gasteiger partial charge in [0, 0.05) is 6.07 Å². The molecule has 0 aliphatic rings. The summed E-state index contributed by atoms with van der Waals surface area (Å²) in [6.07, 6.45) is 1.57. The molecular weight excluding hydrogens is 248 g/mol. The van der Waals surface area contributed by atoms with Crippen molar-refractivity contribution >= 4 is 17.3 Å². The summed E-state index contributed by atoms with van der Waals surface area (Å²) in [6.45, 7) is 3.78. The quantitative estimate of drug-likeness (QED) is 0.467. The van der Waals surface area contributed by atoms with Crippen molar-refractivity contribution in [2.75, 3.05) is 5.73 Å². The van der Waals surface area contributed by atoms with Gasteiger partial charge < -0.3 is 10.8 Å². The molecule has 3 N–H and O–H groups in total. The molecule has 1 rings (SSSR count). The lowest BCUT2D eigenvalue weighted by Gasteiger charge is -2.21. The Morgan fingerprint density at radius 3 is 2.63 bits per heavy atom. The molecule has 1 aromatic carbocycles. The van der Waals surface area contributed by atoms with E-state index >= 15 is 0 Å². The molecule has 0 heterocycles. The summed E-state index contributed by atoms with van der Waals surface area (Å²) in [5.41, 5.74) is 5.78. The molecule has 0 bridgehead atoms. The summed E-state index contributed by atoms with van der Waals surface area (Å²) in [6, 6.07) is 4.30. The summed E-state index contributed by atoms with van der Waals surface area (Å²) < 4.78 is 0. The van der Waals surface area contributed by atoms with Crippen molar-refractivity contribution in [1.82, 2.24) is 0 Å². The van der Waals surface area contributed by atoms with Crippen LogP contribution in [0.4, 0.5) is 11.4 Å². The lowest BCUT2D eigenvalue weighted by Crippen LogP contribution is -2.21. The number of benzene rings is 1. The molecule has 0 saturated carbocycles. The van der Waals surface area contributed by atoms with Gasteiger partial charge in [-0.3, -0.25) is 14.9 Å². The number of carbonyl (C=O) groups is 1. The van der Waals surface area contributed by atoms with Crippen LogP contribution in [-0.4, -0.2) is 16.0 Å². The zero-order chi connectivity index (χ0) is 14.6. The van der Waals surface area contributed by atoms with E-state index in [1.807, 2.05) is 13.8 Å². The van der Waals surface area contributed by atoms with Crippen LogP contribution >= 0.6 is 0 Å². The molecular formula is C13H18N2O4. The Kier molecular flexibility index (Phi) is 4.86. The monoisotopic (exact) mass is 266 g/mol. The highest BCUT2D eigenvalue weighted by molar-refractivity contribution is 5.81. The fraction of sp³-hybridized carbons (Fsp3) is 0.462. The molecule has 19 heavy (non-hydrogen) atoms. The summed E-state index contributed by atoms with van der Waals surface area (Å²) in [4.78, 5) is 21.7. The third-order valence-electron chi connectivity index (χ3n) is 3.23. The van der Waals surface area contributed by atoms with E-state index < -0.39 is 16.8 Å². The molecule has 104 valence electrons. The molecule has 6 nitrogen and oxygen atoms in total. The van der Waals surface area contributed by atoms with Gasteiger partial charge in [-0.05, 0) is 17.9 Å². The number of para-hydroxylation sites is 1. The number of aliphatic carboxylic acids is 1. The Morgan fingerprint density at radius 2 is 2.16 bits per heavy atom. The molecule has 2 atom stereocenters. The van der Waals surface area contributed by atoms with Crippen molar-refractivity contribution in [3.05, 3.63) is 33.9 Å². The first-order valence-corrected chi connectivity index (χ1v) is 6.15. The van der Waals surface area contributed by atoms with E-state index in [0.29, 0.717) is 5.56 Å². The maximum atomic E-state index is 11.4. The van der Waals surface area contributed by atoms with Gasteiger partial charge in [-0.1, -0.05) is 32.4 Å². The maximum absolute atomic E-state index is 11.4. The van der Waals surface area contributed by atoms with Gasteiger partial charge in [-0.2, -0.15) is 0 Å². The highest BCUT2D eigenvalue weighted by atomic mass is 16.6. The van der Waals surface area contributed by atoms with Crippen LogP contribution < -0.4 is 5.73 Å². The van der Waals surface area contributed by atoms with Gasteiger partial charge >= 0.3 is 5.97 Å². The van der Waals surface area contributed by atoms with Gasteiger partial charge in [-0.15, -0.1) is 0 Å². The largest absolute Gasteiger partial charge is 0.481 e. The summed E-state index contributed by atoms with van der Waals surface area (Å²) in [7, 11) is 0. The predicted octanol–water partition coefficient (Wildman–Crippen LogP) is 2.78. The summed E-state index contributed by atoms with van der Waals surface area (Å²) >= 11 is 0. The summed E-state index contributed by atoms with van der Waals surface area (Å²) in [5.74, 6) is -1.96. The second kappa shape index (κ2) is 6.17. The summed E-state index contributed by atoms with van der Waals surface area (Å²) in [5, 5.41) is 20.2. The average molecular weight is 266 g/mol. The molecule has 2 unspecified atom stereocenters. The van der Waals surface area contributed by atoms with E-state index in [4.69, 9.17) is 5.73 Å². The van der Waals surface area contributed by atoms with Gasteiger partial charge in [0.15, 0.2) is 0 Å². The van der Waals surface area contributed by atoms with Gasteiger partial charge in [0.25, 0.3) is 5.69 Å². The lowest BCUT2D eigenvalue weighted by molar-refractivity contribution is -0.384. The number of hydrogen-bond acceptors (Lipinski definition) is 4. The Balaban J connectivity index is 3.27. The van der Waals surface area contributed by atoms with Crippen LogP contribution in [0, 0.1) is 16.0 Å². The lowest BCUT2D eigenvalue weighted by atomic mass is 9.83. The number of hydrogen-bond donors (Lipinski definition) is 2. The molecule has 0 aliphatic carbocycles. The smallest absolute Gasteiger partial charge is 0.311 e. The molecule has 1 aromatic rings. The highest BCUT2D eigenvalue weighted by Crippen LogP contribution is 2.36. The van der Waals surface area contributed by atoms with Crippen LogP contribution in [0.3, 0.4) is 0 Å². The maximum Gasteiger partial charge on any atom is 0.311 e. The third kappa shape index (κ3) is 3.21. The van der Waals surface area contributed by atoms with Crippen molar-refractivity contribution in [1.29, 1.82) is 0 Å². The van der Waals surface area contributed by atoms with Crippen molar-refractivity contribution < 1.29 is 14.8 Å².